The van der Waals surface area contributed by atoms with E-state index in [4.69, 9.17) is 14.7 Å². The van der Waals surface area contributed by atoms with Crippen LogP contribution in [0.1, 0.15) is 23.6 Å². The molecule has 0 radical (unpaired) electrons. The van der Waals surface area contributed by atoms with E-state index in [0.717, 1.165) is 11.1 Å². The Balaban J connectivity index is 1.51. The molecular formula is C20H17N3O4. The van der Waals surface area contributed by atoms with E-state index in [1.54, 1.807) is 37.3 Å². The average molecular weight is 363 g/mol. The first kappa shape index (κ1) is 16.9. The standard InChI is InChI=1S/C20H17N3O4/c1-20(9-15-6-7-16-17(8-15)27-12-26-16)18(24)23(19(25)22-20)11-14-4-2-13(10-21)3-5-14/h2-8H,9,11-12H2,1H3,(H,22,25)/t20-/m1/s1. The van der Waals surface area contributed by atoms with Gasteiger partial charge in [-0.1, -0.05) is 18.2 Å². The number of nitrogens with one attached hydrogen (secondary N) is 1. The summed E-state index contributed by atoms with van der Waals surface area (Å²) >= 11 is 0. The van der Waals surface area contributed by atoms with Crippen molar-refractivity contribution < 1.29 is 19.1 Å². The van der Waals surface area contributed by atoms with Crippen LogP contribution in [0.25, 0.3) is 0 Å². The molecule has 0 saturated carbocycles. The van der Waals surface area contributed by atoms with E-state index in [9.17, 15) is 9.59 Å². The van der Waals surface area contributed by atoms with E-state index in [1.165, 1.54) is 4.90 Å². The maximum absolute atomic E-state index is 12.9. The smallest absolute Gasteiger partial charge is 0.325 e. The summed E-state index contributed by atoms with van der Waals surface area (Å²) in [4.78, 5) is 26.5. The van der Waals surface area contributed by atoms with Gasteiger partial charge in [0.05, 0.1) is 18.2 Å². The molecular weight excluding hydrogens is 346 g/mol. The summed E-state index contributed by atoms with van der Waals surface area (Å²) in [6.45, 7) is 2.06. The van der Waals surface area contributed by atoms with Gasteiger partial charge in [0.1, 0.15) is 5.54 Å². The highest BCUT2D eigenvalue weighted by molar-refractivity contribution is 6.06. The summed E-state index contributed by atoms with van der Waals surface area (Å²) in [6, 6.07) is 13.9. The van der Waals surface area contributed by atoms with E-state index in [2.05, 4.69) is 5.32 Å². The van der Waals surface area contributed by atoms with Gasteiger partial charge in [0.25, 0.3) is 5.91 Å². The number of carbonyl (C=O) groups is 2. The lowest BCUT2D eigenvalue weighted by Gasteiger charge is -2.22. The van der Waals surface area contributed by atoms with Crippen LogP contribution in [0.2, 0.25) is 0 Å². The van der Waals surface area contributed by atoms with Gasteiger partial charge in [0.2, 0.25) is 6.79 Å². The van der Waals surface area contributed by atoms with Gasteiger partial charge in [0, 0.05) is 6.42 Å². The van der Waals surface area contributed by atoms with Gasteiger partial charge in [-0.25, -0.2) is 4.79 Å². The molecule has 0 unspecified atom stereocenters. The Morgan fingerprint density at radius 2 is 1.81 bits per heavy atom. The number of rotatable bonds is 4. The topological polar surface area (TPSA) is 91.7 Å². The van der Waals surface area contributed by atoms with Crippen molar-refractivity contribution >= 4 is 11.9 Å². The number of imide groups is 1. The molecule has 7 nitrogen and oxygen atoms in total. The molecule has 2 aliphatic rings. The zero-order valence-corrected chi connectivity index (χ0v) is 14.7. The van der Waals surface area contributed by atoms with Crippen molar-refractivity contribution in [2.24, 2.45) is 0 Å². The fourth-order valence-electron chi connectivity index (χ4n) is 3.34. The van der Waals surface area contributed by atoms with Crippen molar-refractivity contribution in [1.82, 2.24) is 10.2 Å². The largest absolute Gasteiger partial charge is 0.454 e. The molecule has 3 amide bonds. The predicted molar refractivity (Wildman–Crippen MR) is 94.9 cm³/mol. The van der Waals surface area contributed by atoms with Gasteiger partial charge >= 0.3 is 6.03 Å². The van der Waals surface area contributed by atoms with E-state index in [1.807, 2.05) is 18.2 Å². The average Bonchev–Trinajstić information content (AvgIpc) is 3.20. The van der Waals surface area contributed by atoms with Gasteiger partial charge in [-0.05, 0) is 42.3 Å². The van der Waals surface area contributed by atoms with Gasteiger partial charge in [-0.15, -0.1) is 0 Å². The van der Waals surface area contributed by atoms with Crippen LogP contribution in [0.15, 0.2) is 42.5 Å². The molecule has 1 atom stereocenters. The number of carbonyl (C=O) groups excluding carboxylic acids is 2. The van der Waals surface area contributed by atoms with Gasteiger partial charge < -0.3 is 14.8 Å². The Bertz CT molecular complexity index is 964. The Hall–Kier alpha value is -3.53. The maximum Gasteiger partial charge on any atom is 0.325 e. The lowest BCUT2D eigenvalue weighted by molar-refractivity contribution is -0.131. The summed E-state index contributed by atoms with van der Waals surface area (Å²) in [6.07, 6.45) is 0.345. The van der Waals surface area contributed by atoms with Gasteiger partial charge in [0.15, 0.2) is 11.5 Å². The molecule has 2 aromatic rings. The van der Waals surface area contributed by atoms with Crippen molar-refractivity contribution in [2.75, 3.05) is 6.79 Å². The molecule has 0 bridgehead atoms. The number of ether oxygens (including phenoxy) is 2. The lowest BCUT2D eigenvalue weighted by Crippen LogP contribution is -2.45. The number of fused-ring (bicyclic) bond motifs is 1. The Labute approximate surface area is 156 Å². The van der Waals surface area contributed by atoms with Crippen molar-refractivity contribution in [3.63, 3.8) is 0 Å². The molecule has 2 aliphatic heterocycles. The SMILES string of the molecule is C[C@]1(Cc2ccc3c(c2)OCO3)NC(=O)N(Cc2ccc(C#N)cc2)C1=O. The molecule has 1 saturated heterocycles. The molecule has 2 aromatic carbocycles. The van der Waals surface area contributed by atoms with E-state index in [-0.39, 0.29) is 19.2 Å². The quantitative estimate of drug-likeness (QED) is 0.842. The third kappa shape index (κ3) is 3.06. The number of nitrogens with zero attached hydrogens (tertiary/aromatic N) is 2. The number of hydrogen-bond donors (Lipinski definition) is 1. The van der Waals surface area contributed by atoms with E-state index < -0.39 is 11.6 Å². The molecule has 0 aromatic heterocycles. The first-order chi connectivity index (χ1) is 13.0. The Morgan fingerprint density at radius 3 is 2.56 bits per heavy atom. The summed E-state index contributed by atoms with van der Waals surface area (Å²) in [7, 11) is 0. The number of benzene rings is 2. The fourth-order valence-corrected chi connectivity index (χ4v) is 3.34. The Morgan fingerprint density at radius 1 is 1.11 bits per heavy atom. The molecule has 0 aliphatic carbocycles. The van der Waals surface area contributed by atoms with Crippen LogP contribution >= 0.6 is 0 Å². The van der Waals surface area contributed by atoms with Crippen molar-refractivity contribution in [3.05, 3.63) is 59.2 Å². The van der Waals surface area contributed by atoms with Crippen molar-refractivity contribution in [1.29, 1.82) is 5.26 Å². The van der Waals surface area contributed by atoms with E-state index in [0.29, 0.717) is 23.5 Å². The zero-order valence-electron chi connectivity index (χ0n) is 14.7. The summed E-state index contributed by atoms with van der Waals surface area (Å²) in [5.74, 6) is 1.03. The molecule has 1 fully saturated rings. The molecule has 7 heteroatoms. The van der Waals surface area contributed by atoms with Crippen LogP contribution in [0, 0.1) is 11.3 Å². The number of nitriles is 1. The highest BCUT2D eigenvalue weighted by Gasteiger charge is 2.47. The molecule has 4 rings (SSSR count). The molecule has 27 heavy (non-hydrogen) atoms. The van der Waals surface area contributed by atoms with E-state index >= 15 is 0 Å². The molecule has 2 heterocycles. The van der Waals surface area contributed by atoms with Crippen LogP contribution in [-0.4, -0.2) is 29.2 Å². The highest BCUT2D eigenvalue weighted by Crippen LogP contribution is 2.34. The third-order valence-electron chi connectivity index (χ3n) is 4.76. The number of urea groups is 1. The summed E-state index contributed by atoms with van der Waals surface area (Å²) < 4.78 is 10.7. The first-order valence-electron chi connectivity index (χ1n) is 8.50. The predicted octanol–water partition coefficient (Wildman–Crippen LogP) is 2.34. The summed E-state index contributed by atoms with van der Waals surface area (Å²) in [5.41, 5.74) is 1.15. The fraction of sp³-hybridized carbons (Fsp3) is 0.250. The zero-order chi connectivity index (χ0) is 19.0. The van der Waals surface area contributed by atoms with Crippen molar-refractivity contribution in [3.8, 4) is 17.6 Å². The van der Waals surface area contributed by atoms with Crippen LogP contribution in [0.4, 0.5) is 4.79 Å². The van der Waals surface area contributed by atoms with Crippen molar-refractivity contribution in [2.45, 2.75) is 25.4 Å². The monoisotopic (exact) mass is 363 g/mol. The minimum atomic E-state index is -1.03. The Kier molecular flexibility index (Phi) is 3.96. The maximum atomic E-state index is 12.9. The van der Waals surface area contributed by atoms with Crippen LogP contribution < -0.4 is 14.8 Å². The molecule has 0 spiro atoms. The van der Waals surface area contributed by atoms with Crippen LogP contribution in [0.3, 0.4) is 0 Å². The van der Waals surface area contributed by atoms with Crippen LogP contribution in [0.5, 0.6) is 11.5 Å². The highest BCUT2D eigenvalue weighted by atomic mass is 16.7. The molecule has 1 N–H and O–H groups in total. The number of hydrogen-bond acceptors (Lipinski definition) is 5. The molecule has 136 valence electrons. The first-order valence-corrected chi connectivity index (χ1v) is 8.50. The minimum absolute atomic E-state index is 0.160. The third-order valence-corrected chi connectivity index (χ3v) is 4.76. The van der Waals surface area contributed by atoms with Gasteiger partial charge in [-0.3, -0.25) is 9.69 Å². The van der Waals surface area contributed by atoms with Crippen LogP contribution in [-0.2, 0) is 17.8 Å². The lowest BCUT2D eigenvalue weighted by atomic mass is 9.92. The number of amides is 3. The second kappa shape index (κ2) is 6.32. The van der Waals surface area contributed by atoms with Gasteiger partial charge in [-0.2, -0.15) is 5.26 Å². The normalized spacial score (nSPS) is 20.5. The second-order valence-electron chi connectivity index (χ2n) is 6.83. The minimum Gasteiger partial charge on any atom is -0.454 e. The second-order valence-corrected chi connectivity index (χ2v) is 6.83. The summed E-state index contributed by atoms with van der Waals surface area (Å²) in [5, 5.41) is 11.7.